The molecule has 2 fully saturated rings. The van der Waals surface area contributed by atoms with Gasteiger partial charge in [-0.25, -0.2) is 4.79 Å². The van der Waals surface area contributed by atoms with E-state index >= 15 is 0 Å². The van der Waals surface area contributed by atoms with Crippen molar-refractivity contribution in [2.75, 3.05) is 31.1 Å². The van der Waals surface area contributed by atoms with Gasteiger partial charge in [0, 0.05) is 36.9 Å². The molecule has 3 amide bonds. The Morgan fingerprint density at radius 3 is 2.64 bits per heavy atom. The van der Waals surface area contributed by atoms with Crippen LogP contribution in [0.2, 0.25) is 0 Å². The second-order valence-electron chi connectivity index (χ2n) is 5.43. The number of hydrogen-bond acceptors (Lipinski definition) is 3. The SMILES string of the molecule is Cl.O=C(NCC1CCCN1)c1ccc(N2CCNC2=O)cc1. The molecule has 2 aliphatic heterocycles. The fourth-order valence-electron chi connectivity index (χ4n) is 2.76. The van der Waals surface area contributed by atoms with Gasteiger partial charge in [-0.15, -0.1) is 12.4 Å². The van der Waals surface area contributed by atoms with Gasteiger partial charge in [-0.3, -0.25) is 9.69 Å². The molecule has 0 bridgehead atoms. The lowest BCUT2D eigenvalue weighted by atomic mass is 10.1. The van der Waals surface area contributed by atoms with E-state index in [1.54, 1.807) is 17.0 Å². The summed E-state index contributed by atoms with van der Waals surface area (Å²) in [6.45, 7) is 3.02. The molecule has 0 aromatic heterocycles. The highest BCUT2D eigenvalue weighted by molar-refractivity contribution is 5.97. The molecule has 0 spiro atoms. The van der Waals surface area contributed by atoms with Gasteiger partial charge in [-0.2, -0.15) is 0 Å². The number of amides is 3. The number of nitrogens with one attached hydrogen (secondary N) is 3. The van der Waals surface area contributed by atoms with E-state index in [0.717, 1.165) is 18.7 Å². The molecule has 2 saturated heterocycles. The lowest BCUT2D eigenvalue weighted by Gasteiger charge is -2.15. The number of benzene rings is 1. The quantitative estimate of drug-likeness (QED) is 0.777. The Labute approximate surface area is 136 Å². The Kier molecular flexibility index (Phi) is 5.63. The zero-order chi connectivity index (χ0) is 14.7. The van der Waals surface area contributed by atoms with E-state index in [1.807, 2.05) is 12.1 Å². The minimum Gasteiger partial charge on any atom is -0.350 e. The topological polar surface area (TPSA) is 73.5 Å². The van der Waals surface area contributed by atoms with E-state index < -0.39 is 0 Å². The fourth-order valence-corrected chi connectivity index (χ4v) is 2.76. The van der Waals surface area contributed by atoms with Gasteiger partial charge < -0.3 is 16.0 Å². The number of nitrogens with zero attached hydrogens (tertiary/aromatic N) is 1. The van der Waals surface area contributed by atoms with Crippen molar-refractivity contribution in [3.05, 3.63) is 29.8 Å². The van der Waals surface area contributed by atoms with Crippen molar-refractivity contribution in [2.45, 2.75) is 18.9 Å². The third kappa shape index (κ3) is 3.69. The van der Waals surface area contributed by atoms with Crippen LogP contribution in [0, 0.1) is 0 Å². The van der Waals surface area contributed by atoms with Crippen molar-refractivity contribution in [1.29, 1.82) is 0 Å². The highest BCUT2D eigenvalue weighted by atomic mass is 35.5. The number of hydrogen-bond donors (Lipinski definition) is 3. The maximum atomic E-state index is 12.1. The first-order valence-corrected chi connectivity index (χ1v) is 7.41. The summed E-state index contributed by atoms with van der Waals surface area (Å²) in [7, 11) is 0. The predicted octanol–water partition coefficient (Wildman–Crippen LogP) is 1.12. The molecule has 22 heavy (non-hydrogen) atoms. The molecule has 2 aliphatic rings. The van der Waals surface area contributed by atoms with Crippen molar-refractivity contribution < 1.29 is 9.59 Å². The summed E-state index contributed by atoms with van der Waals surface area (Å²) in [4.78, 5) is 25.3. The largest absolute Gasteiger partial charge is 0.350 e. The van der Waals surface area contributed by atoms with E-state index in [-0.39, 0.29) is 24.3 Å². The highest BCUT2D eigenvalue weighted by Gasteiger charge is 2.21. The van der Waals surface area contributed by atoms with E-state index in [9.17, 15) is 9.59 Å². The second-order valence-corrected chi connectivity index (χ2v) is 5.43. The van der Waals surface area contributed by atoms with E-state index in [4.69, 9.17) is 0 Å². The average Bonchev–Trinajstić information content (AvgIpc) is 3.16. The smallest absolute Gasteiger partial charge is 0.321 e. The highest BCUT2D eigenvalue weighted by Crippen LogP contribution is 2.17. The van der Waals surface area contributed by atoms with Gasteiger partial charge in [0.2, 0.25) is 0 Å². The second kappa shape index (κ2) is 7.47. The summed E-state index contributed by atoms with van der Waals surface area (Å²) >= 11 is 0. The zero-order valence-corrected chi connectivity index (χ0v) is 13.1. The van der Waals surface area contributed by atoms with Crippen LogP contribution in [-0.4, -0.2) is 44.2 Å². The fraction of sp³-hybridized carbons (Fsp3) is 0.467. The van der Waals surface area contributed by atoms with Crippen molar-refractivity contribution in [3.8, 4) is 0 Å². The number of carbonyl (C=O) groups excluding carboxylic acids is 2. The van der Waals surface area contributed by atoms with Gasteiger partial charge in [0.1, 0.15) is 0 Å². The summed E-state index contributed by atoms with van der Waals surface area (Å²) in [5.41, 5.74) is 1.44. The number of carbonyl (C=O) groups is 2. The Hall–Kier alpha value is -1.79. The molecule has 0 radical (unpaired) electrons. The van der Waals surface area contributed by atoms with E-state index in [0.29, 0.717) is 31.2 Å². The lowest BCUT2D eigenvalue weighted by molar-refractivity contribution is 0.0950. The van der Waals surface area contributed by atoms with Crippen LogP contribution in [0.4, 0.5) is 10.5 Å². The van der Waals surface area contributed by atoms with Crippen LogP contribution in [0.5, 0.6) is 0 Å². The molecule has 120 valence electrons. The van der Waals surface area contributed by atoms with E-state index in [1.165, 1.54) is 6.42 Å². The van der Waals surface area contributed by atoms with Gasteiger partial charge in [0.05, 0.1) is 0 Å². The number of rotatable bonds is 4. The van der Waals surface area contributed by atoms with Gasteiger partial charge in [0.15, 0.2) is 0 Å². The average molecular weight is 325 g/mol. The molecule has 1 unspecified atom stereocenters. The van der Waals surface area contributed by atoms with Crippen LogP contribution >= 0.6 is 12.4 Å². The first-order valence-electron chi connectivity index (χ1n) is 7.41. The summed E-state index contributed by atoms with van der Waals surface area (Å²) in [6.07, 6.45) is 2.29. The Balaban J connectivity index is 0.00000176. The van der Waals surface area contributed by atoms with Crippen LogP contribution in [0.25, 0.3) is 0 Å². The molecule has 3 N–H and O–H groups in total. The maximum absolute atomic E-state index is 12.1. The Bertz CT molecular complexity index is 529. The van der Waals surface area contributed by atoms with Gasteiger partial charge >= 0.3 is 6.03 Å². The molecule has 3 rings (SSSR count). The van der Waals surface area contributed by atoms with Crippen molar-refractivity contribution in [3.63, 3.8) is 0 Å². The summed E-state index contributed by atoms with van der Waals surface area (Å²) < 4.78 is 0. The summed E-state index contributed by atoms with van der Waals surface area (Å²) in [6, 6.07) is 7.46. The summed E-state index contributed by atoms with van der Waals surface area (Å²) in [5, 5.41) is 9.05. The first-order chi connectivity index (χ1) is 10.2. The van der Waals surface area contributed by atoms with E-state index in [2.05, 4.69) is 16.0 Å². The molecule has 7 heteroatoms. The first kappa shape index (κ1) is 16.6. The maximum Gasteiger partial charge on any atom is 0.321 e. The van der Waals surface area contributed by atoms with Gasteiger partial charge in [-0.1, -0.05) is 0 Å². The molecule has 6 nitrogen and oxygen atoms in total. The molecule has 0 saturated carbocycles. The Morgan fingerprint density at radius 2 is 2.05 bits per heavy atom. The third-order valence-corrected chi connectivity index (χ3v) is 3.97. The molecular formula is C15H21ClN4O2. The predicted molar refractivity (Wildman–Crippen MR) is 87.8 cm³/mol. The molecule has 2 heterocycles. The molecular weight excluding hydrogens is 304 g/mol. The minimum atomic E-state index is -0.0838. The van der Waals surface area contributed by atoms with Crippen LogP contribution in [0.15, 0.2) is 24.3 Å². The van der Waals surface area contributed by atoms with Crippen molar-refractivity contribution >= 4 is 30.0 Å². The standard InChI is InChI=1S/C15H20N4O2.ClH/c20-14(18-10-12-2-1-7-16-12)11-3-5-13(6-4-11)19-9-8-17-15(19)21;/h3-6,12,16H,1-2,7-10H2,(H,17,21)(H,18,20);1H. The van der Waals surface area contributed by atoms with Crippen LogP contribution < -0.4 is 20.9 Å². The monoisotopic (exact) mass is 324 g/mol. The van der Waals surface area contributed by atoms with Crippen LogP contribution in [0.3, 0.4) is 0 Å². The normalized spacial score (nSPS) is 20.5. The number of urea groups is 1. The zero-order valence-electron chi connectivity index (χ0n) is 12.3. The lowest BCUT2D eigenvalue weighted by Crippen LogP contribution is -2.37. The molecule has 0 aliphatic carbocycles. The number of halogens is 1. The molecule has 1 atom stereocenters. The van der Waals surface area contributed by atoms with Crippen LogP contribution in [-0.2, 0) is 0 Å². The van der Waals surface area contributed by atoms with Gasteiger partial charge in [-0.05, 0) is 43.7 Å². The van der Waals surface area contributed by atoms with Gasteiger partial charge in [0.25, 0.3) is 5.91 Å². The Morgan fingerprint density at radius 1 is 1.27 bits per heavy atom. The summed E-state index contributed by atoms with van der Waals surface area (Å²) in [5.74, 6) is -0.0684. The number of anilines is 1. The van der Waals surface area contributed by atoms with Crippen molar-refractivity contribution in [1.82, 2.24) is 16.0 Å². The molecule has 1 aromatic rings. The van der Waals surface area contributed by atoms with Crippen molar-refractivity contribution in [2.24, 2.45) is 0 Å². The third-order valence-electron chi connectivity index (χ3n) is 3.97. The molecule has 1 aromatic carbocycles. The van der Waals surface area contributed by atoms with Crippen LogP contribution in [0.1, 0.15) is 23.2 Å². The minimum absolute atomic E-state index is 0.